The number of fused-ring (bicyclic) bond motifs is 2. The van der Waals surface area contributed by atoms with Gasteiger partial charge in [0.25, 0.3) is 0 Å². The maximum atomic E-state index is 5.46. The van der Waals surface area contributed by atoms with E-state index in [4.69, 9.17) is 19.4 Å². The van der Waals surface area contributed by atoms with Gasteiger partial charge in [-0.05, 0) is 30.5 Å². The Labute approximate surface area is 153 Å². The molecule has 4 heterocycles. The van der Waals surface area contributed by atoms with E-state index < -0.39 is 0 Å². The molecular weight excluding hydrogens is 350 g/mol. The van der Waals surface area contributed by atoms with Crippen molar-refractivity contribution in [2.24, 2.45) is 7.05 Å². The smallest absolute Gasteiger partial charge is 0.231 e. The fourth-order valence-electron chi connectivity index (χ4n) is 3.05. The molecule has 0 atom stereocenters. The highest BCUT2D eigenvalue weighted by molar-refractivity contribution is 7.13. The van der Waals surface area contributed by atoms with Gasteiger partial charge in [0, 0.05) is 18.8 Å². The number of anilines is 2. The van der Waals surface area contributed by atoms with E-state index in [0.717, 1.165) is 38.8 Å². The Morgan fingerprint density at radius 3 is 2.88 bits per heavy atom. The van der Waals surface area contributed by atoms with Gasteiger partial charge in [-0.15, -0.1) is 11.3 Å². The van der Waals surface area contributed by atoms with Crippen molar-refractivity contribution in [2.45, 2.75) is 6.92 Å². The number of rotatable bonds is 3. The van der Waals surface area contributed by atoms with Crippen LogP contribution in [-0.4, -0.2) is 26.5 Å². The summed E-state index contributed by atoms with van der Waals surface area (Å²) in [7, 11) is 1.90. The molecule has 8 heteroatoms. The lowest BCUT2D eigenvalue weighted by molar-refractivity contribution is 0.174. The van der Waals surface area contributed by atoms with Crippen molar-refractivity contribution >= 4 is 33.9 Å². The zero-order chi connectivity index (χ0) is 17.7. The first-order valence-corrected chi connectivity index (χ1v) is 8.99. The summed E-state index contributed by atoms with van der Waals surface area (Å²) in [6.45, 7) is 2.21. The van der Waals surface area contributed by atoms with E-state index in [-0.39, 0.29) is 6.79 Å². The fraction of sp³-hybridized carbons (Fsp3) is 0.167. The van der Waals surface area contributed by atoms with Gasteiger partial charge >= 0.3 is 0 Å². The average Bonchev–Trinajstić information content (AvgIpc) is 3.36. The zero-order valence-corrected chi connectivity index (χ0v) is 15.0. The fourth-order valence-corrected chi connectivity index (χ4v) is 3.71. The molecule has 130 valence electrons. The van der Waals surface area contributed by atoms with Gasteiger partial charge in [-0.25, -0.2) is 9.97 Å². The lowest BCUT2D eigenvalue weighted by Gasteiger charge is -2.10. The molecule has 0 aliphatic carbocycles. The highest BCUT2D eigenvalue weighted by Crippen LogP contribution is 2.36. The van der Waals surface area contributed by atoms with Crippen LogP contribution < -0.4 is 14.8 Å². The number of nitrogens with zero attached hydrogens (tertiary/aromatic N) is 4. The molecule has 0 amide bonds. The van der Waals surface area contributed by atoms with E-state index in [1.165, 1.54) is 0 Å². The largest absolute Gasteiger partial charge is 0.454 e. The molecule has 26 heavy (non-hydrogen) atoms. The average molecular weight is 365 g/mol. The number of ether oxygens (including phenoxy) is 2. The van der Waals surface area contributed by atoms with Crippen molar-refractivity contribution in [3.63, 3.8) is 0 Å². The molecule has 0 unspecified atom stereocenters. The lowest BCUT2D eigenvalue weighted by atomic mass is 10.2. The van der Waals surface area contributed by atoms with Gasteiger partial charge in [-0.3, -0.25) is 4.68 Å². The van der Waals surface area contributed by atoms with E-state index in [1.54, 1.807) is 16.0 Å². The Kier molecular flexibility index (Phi) is 3.32. The predicted octanol–water partition coefficient (Wildman–Crippen LogP) is 3.87. The van der Waals surface area contributed by atoms with Crippen molar-refractivity contribution in [2.75, 3.05) is 12.1 Å². The molecule has 1 aliphatic rings. The standard InChI is InChI=1S/C18H15N5O2S/c1-10-15-16(23(2)22-10)18(21-17(20-15)14-4-3-7-26-14)19-11-5-6-12-13(8-11)25-9-24-12/h3-8H,9H2,1-2H3,(H,19,20,21). The van der Waals surface area contributed by atoms with Gasteiger partial charge in [0.1, 0.15) is 11.0 Å². The van der Waals surface area contributed by atoms with Gasteiger partial charge in [0.15, 0.2) is 23.1 Å². The molecule has 0 saturated heterocycles. The van der Waals surface area contributed by atoms with E-state index >= 15 is 0 Å². The van der Waals surface area contributed by atoms with Crippen molar-refractivity contribution in [3.8, 4) is 22.2 Å². The van der Waals surface area contributed by atoms with Crippen LogP contribution in [0.2, 0.25) is 0 Å². The maximum absolute atomic E-state index is 5.46. The number of aryl methyl sites for hydroxylation is 2. The second-order valence-electron chi connectivity index (χ2n) is 5.97. The maximum Gasteiger partial charge on any atom is 0.231 e. The van der Waals surface area contributed by atoms with Gasteiger partial charge in [-0.2, -0.15) is 5.10 Å². The molecule has 0 saturated carbocycles. The normalized spacial score (nSPS) is 12.7. The van der Waals surface area contributed by atoms with E-state index in [2.05, 4.69) is 10.4 Å². The van der Waals surface area contributed by atoms with Gasteiger partial charge in [-0.1, -0.05) is 6.07 Å². The molecule has 7 nitrogen and oxygen atoms in total. The Balaban J connectivity index is 1.66. The van der Waals surface area contributed by atoms with Crippen LogP contribution in [-0.2, 0) is 7.05 Å². The third kappa shape index (κ3) is 2.38. The third-order valence-electron chi connectivity index (χ3n) is 4.23. The van der Waals surface area contributed by atoms with Gasteiger partial charge < -0.3 is 14.8 Å². The second-order valence-corrected chi connectivity index (χ2v) is 6.92. The molecule has 0 fully saturated rings. The highest BCUT2D eigenvalue weighted by atomic mass is 32.1. The number of nitrogens with one attached hydrogen (secondary N) is 1. The van der Waals surface area contributed by atoms with E-state index in [9.17, 15) is 0 Å². The van der Waals surface area contributed by atoms with E-state index in [1.807, 2.05) is 49.7 Å². The van der Waals surface area contributed by atoms with Crippen LogP contribution in [0.3, 0.4) is 0 Å². The summed E-state index contributed by atoms with van der Waals surface area (Å²) in [5.74, 6) is 2.87. The molecule has 0 bridgehead atoms. The minimum Gasteiger partial charge on any atom is -0.454 e. The van der Waals surface area contributed by atoms with Crippen LogP contribution in [0.5, 0.6) is 11.5 Å². The van der Waals surface area contributed by atoms with Crippen molar-refractivity contribution < 1.29 is 9.47 Å². The van der Waals surface area contributed by atoms with Gasteiger partial charge in [0.05, 0.1) is 10.6 Å². The molecule has 1 aromatic carbocycles. The van der Waals surface area contributed by atoms with Crippen molar-refractivity contribution in [1.29, 1.82) is 0 Å². The topological polar surface area (TPSA) is 74.1 Å². The first-order valence-electron chi connectivity index (χ1n) is 8.11. The summed E-state index contributed by atoms with van der Waals surface area (Å²) in [5, 5.41) is 9.91. The summed E-state index contributed by atoms with van der Waals surface area (Å²) >= 11 is 1.61. The van der Waals surface area contributed by atoms with Crippen LogP contribution >= 0.6 is 11.3 Å². The number of hydrogen-bond acceptors (Lipinski definition) is 7. The SMILES string of the molecule is Cc1nn(C)c2c(Nc3ccc4c(c3)OCO4)nc(-c3cccs3)nc12. The molecular formula is C18H15N5O2S. The Morgan fingerprint density at radius 2 is 2.04 bits per heavy atom. The molecule has 1 N–H and O–H groups in total. The summed E-state index contributed by atoms with van der Waals surface area (Å²) in [6.07, 6.45) is 0. The molecule has 4 aromatic rings. The molecule has 3 aromatic heterocycles. The third-order valence-corrected chi connectivity index (χ3v) is 5.09. The zero-order valence-electron chi connectivity index (χ0n) is 14.2. The quantitative estimate of drug-likeness (QED) is 0.594. The van der Waals surface area contributed by atoms with Crippen LogP contribution in [0.25, 0.3) is 21.7 Å². The molecule has 5 rings (SSSR count). The summed E-state index contributed by atoms with van der Waals surface area (Å²) in [6, 6.07) is 9.74. The van der Waals surface area contributed by atoms with Crippen LogP contribution in [0.4, 0.5) is 11.5 Å². The molecule has 1 aliphatic heterocycles. The Hall–Kier alpha value is -3.13. The molecule has 0 spiro atoms. The number of thiophene rings is 1. The second kappa shape index (κ2) is 5.70. The monoisotopic (exact) mass is 365 g/mol. The predicted molar refractivity (Wildman–Crippen MR) is 100 cm³/mol. The summed E-state index contributed by atoms with van der Waals surface area (Å²) in [4.78, 5) is 10.5. The van der Waals surface area contributed by atoms with Crippen molar-refractivity contribution in [1.82, 2.24) is 19.7 Å². The van der Waals surface area contributed by atoms with Crippen LogP contribution in [0.15, 0.2) is 35.7 Å². The van der Waals surface area contributed by atoms with Crippen molar-refractivity contribution in [3.05, 3.63) is 41.4 Å². The minimum atomic E-state index is 0.250. The Bertz CT molecular complexity index is 1120. The highest BCUT2D eigenvalue weighted by Gasteiger charge is 2.18. The number of benzene rings is 1. The first-order chi connectivity index (χ1) is 12.7. The number of aromatic nitrogens is 4. The summed E-state index contributed by atoms with van der Waals surface area (Å²) in [5.41, 5.74) is 3.44. The number of hydrogen-bond donors (Lipinski definition) is 1. The van der Waals surface area contributed by atoms with Crippen LogP contribution in [0, 0.1) is 6.92 Å². The minimum absolute atomic E-state index is 0.250. The van der Waals surface area contributed by atoms with Gasteiger partial charge in [0.2, 0.25) is 6.79 Å². The van der Waals surface area contributed by atoms with Crippen LogP contribution in [0.1, 0.15) is 5.69 Å². The lowest BCUT2D eigenvalue weighted by Crippen LogP contribution is -2.01. The molecule has 0 radical (unpaired) electrons. The summed E-state index contributed by atoms with van der Waals surface area (Å²) < 4.78 is 12.6. The van der Waals surface area contributed by atoms with E-state index in [0.29, 0.717) is 11.6 Å². The Morgan fingerprint density at radius 1 is 1.15 bits per heavy atom. The first kappa shape index (κ1) is 15.2.